The molecule has 0 heterocycles. The van der Waals surface area contributed by atoms with Crippen LogP contribution in [0.4, 0.5) is 0 Å². The molecule has 1 aliphatic rings. The Morgan fingerprint density at radius 1 is 1.29 bits per heavy atom. The van der Waals surface area contributed by atoms with E-state index >= 15 is 0 Å². The summed E-state index contributed by atoms with van der Waals surface area (Å²) in [5, 5.41) is 0. The maximum absolute atomic E-state index is 6.23. The predicted molar refractivity (Wildman–Crippen MR) is 60.0 cm³/mol. The first-order chi connectivity index (χ1) is 6.79. The zero-order valence-corrected chi connectivity index (χ0v) is 8.66. The minimum atomic E-state index is 0.124. The zero-order chi connectivity index (χ0) is 9.97. The molecule has 0 fully saturated rings. The molecule has 0 saturated heterocycles. The summed E-state index contributed by atoms with van der Waals surface area (Å²) >= 11 is 0. The smallest absolute Gasteiger partial charge is 0.0513 e. The Morgan fingerprint density at radius 3 is 2.71 bits per heavy atom. The molecule has 1 unspecified atom stereocenters. The van der Waals surface area contributed by atoms with Gasteiger partial charge in [-0.15, -0.1) is 0 Å². The van der Waals surface area contributed by atoms with Crippen molar-refractivity contribution < 1.29 is 0 Å². The molecule has 0 spiro atoms. The molecule has 2 rings (SSSR count). The van der Waals surface area contributed by atoms with Crippen molar-refractivity contribution in [2.24, 2.45) is 5.73 Å². The topological polar surface area (TPSA) is 26.0 Å². The van der Waals surface area contributed by atoms with Crippen LogP contribution in [0.1, 0.15) is 36.4 Å². The Kier molecular flexibility index (Phi) is 2.69. The molecule has 1 aromatic rings. The molecule has 0 bridgehead atoms. The molecule has 0 saturated carbocycles. The van der Waals surface area contributed by atoms with Gasteiger partial charge in [0.15, 0.2) is 0 Å². The van der Waals surface area contributed by atoms with E-state index in [4.69, 9.17) is 5.73 Å². The number of benzene rings is 1. The van der Waals surface area contributed by atoms with Crippen LogP contribution >= 0.6 is 0 Å². The van der Waals surface area contributed by atoms with Gasteiger partial charge >= 0.3 is 0 Å². The maximum Gasteiger partial charge on any atom is 0.0513 e. The molecule has 1 aromatic carbocycles. The lowest BCUT2D eigenvalue weighted by molar-refractivity contribution is 0.780. The van der Waals surface area contributed by atoms with E-state index in [0.29, 0.717) is 0 Å². The molecule has 1 aliphatic carbocycles. The lowest BCUT2D eigenvalue weighted by atomic mass is 9.95. The van der Waals surface area contributed by atoms with Crippen molar-refractivity contribution in [3.63, 3.8) is 0 Å². The molecule has 0 radical (unpaired) electrons. The highest BCUT2D eigenvalue weighted by Crippen LogP contribution is 2.29. The number of hydrogen-bond donors (Lipinski definition) is 1. The van der Waals surface area contributed by atoms with Crippen LogP contribution < -0.4 is 5.73 Å². The van der Waals surface area contributed by atoms with Crippen molar-refractivity contribution in [3.05, 3.63) is 47.0 Å². The fourth-order valence-corrected chi connectivity index (χ4v) is 2.11. The van der Waals surface area contributed by atoms with Gasteiger partial charge in [0.25, 0.3) is 0 Å². The van der Waals surface area contributed by atoms with E-state index < -0.39 is 0 Å². The quantitative estimate of drug-likeness (QED) is 0.707. The van der Waals surface area contributed by atoms with Crippen molar-refractivity contribution in [1.29, 1.82) is 0 Å². The van der Waals surface area contributed by atoms with Gasteiger partial charge in [-0.05, 0) is 37.3 Å². The van der Waals surface area contributed by atoms with E-state index in [9.17, 15) is 0 Å². The van der Waals surface area contributed by atoms with Crippen LogP contribution in [0.5, 0.6) is 0 Å². The molecular formula is C13H17N. The Morgan fingerprint density at radius 2 is 2.07 bits per heavy atom. The van der Waals surface area contributed by atoms with Gasteiger partial charge in [-0.25, -0.2) is 0 Å². The van der Waals surface area contributed by atoms with Gasteiger partial charge in [0.2, 0.25) is 0 Å². The molecule has 1 atom stereocenters. The lowest BCUT2D eigenvalue weighted by Crippen LogP contribution is -2.13. The SMILES string of the molecule is Cc1ccccc1C(N)C1=CCCC1. The normalized spacial score (nSPS) is 18.0. The summed E-state index contributed by atoms with van der Waals surface area (Å²) in [6, 6.07) is 8.52. The van der Waals surface area contributed by atoms with Crippen molar-refractivity contribution >= 4 is 0 Å². The van der Waals surface area contributed by atoms with Gasteiger partial charge in [0.05, 0.1) is 6.04 Å². The summed E-state index contributed by atoms with van der Waals surface area (Å²) in [6.45, 7) is 2.13. The standard InChI is InChI=1S/C13H17N/c1-10-6-2-5-9-12(10)13(14)11-7-3-4-8-11/h2,5-7,9,13H,3-4,8,14H2,1H3. The average molecular weight is 187 g/mol. The van der Waals surface area contributed by atoms with Gasteiger partial charge < -0.3 is 5.73 Å². The molecule has 0 aromatic heterocycles. The average Bonchev–Trinajstić information content (AvgIpc) is 2.70. The van der Waals surface area contributed by atoms with Crippen LogP contribution in [0.25, 0.3) is 0 Å². The summed E-state index contributed by atoms with van der Waals surface area (Å²) in [5.74, 6) is 0. The minimum Gasteiger partial charge on any atom is -0.321 e. The number of hydrogen-bond acceptors (Lipinski definition) is 1. The van der Waals surface area contributed by atoms with E-state index in [1.807, 2.05) is 0 Å². The molecule has 1 heteroatoms. The Bertz CT molecular complexity index is 352. The monoisotopic (exact) mass is 187 g/mol. The summed E-state index contributed by atoms with van der Waals surface area (Å²) in [7, 11) is 0. The van der Waals surface area contributed by atoms with Crippen LogP contribution in [0.3, 0.4) is 0 Å². The van der Waals surface area contributed by atoms with E-state index in [1.165, 1.54) is 36.0 Å². The van der Waals surface area contributed by atoms with Gasteiger partial charge in [0.1, 0.15) is 0 Å². The first kappa shape index (κ1) is 9.47. The zero-order valence-electron chi connectivity index (χ0n) is 8.66. The Labute approximate surface area is 85.6 Å². The number of nitrogens with two attached hydrogens (primary N) is 1. The van der Waals surface area contributed by atoms with Crippen LogP contribution in [0, 0.1) is 6.92 Å². The minimum absolute atomic E-state index is 0.124. The first-order valence-electron chi connectivity index (χ1n) is 5.29. The molecule has 1 nitrogen and oxygen atoms in total. The summed E-state index contributed by atoms with van der Waals surface area (Å²) in [4.78, 5) is 0. The number of aryl methyl sites for hydroxylation is 1. The molecule has 0 amide bonds. The van der Waals surface area contributed by atoms with Gasteiger partial charge in [-0.2, -0.15) is 0 Å². The van der Waals surface area contributed by atoms with E-state index in [0.717, 1.165) is 0 Å². The molecular weight excluding hydrogens is 170 g/mol. The van der Waals surface area contributed by atoms with Crippen LogP contribution in [0.2, 0.25) is 0 Å². The summed E-state index contributed by atoms with van der Waals surface area (Å²) < 4.78 is 0. The van der Waals surface area contributed by atoms with E-state index in [1.54, 1.807) is 0 Å². The van der Waals surface area contributed by atoms with Gasteiger partial charge in [-0.1, -0.05) is 35.9 Å². The van der Waals surface area contributed by atoms with Crippen molar-refractivity contribution in [2.75, 3.05) is 0 Å². The third-order valence-corrected chi connectivity index (χ3v) is 3.00. The Hall–Kier alpha value is -1.08. The Balaban J connectivity index is 2.26. The largest absolute Gasteiger partial charge is 0.321 e. The van der Waals surface area contributed by atoms with Crippen LogP contribution in [0.15, 0.2) is 35.9 Å². The highest BCUT2D eigenvalue weighted by Gasteiger charge is 2.15. The van der Waals surface area contributed by atoms with Crippen LogP contribution in [-0.4, -0.2) is 0 Å². The summed E-state index contributed by atoms with van der Waals surface area (Å²) in [5.41, 5.74) is 10.2. The fourth-order valence-electron chi connectivity index (χ4n) is 2.11. The van der Waals surface area contributed by atoms with Crippen LogP contribution in [-0.2, 0) is 0 Å². The highest BCUT2D eigenvalue weighted by atomic mass is 14.6. The second-order valence-electron chi connectivity index (χ2n) is 4.01. The molecule has 2 N–H and O–H groups in total. The fraction of sp³-hybridized carbons (Fsp3) is 0.385. The first-order valence-corrected chi connectivity index (χ1v) is 5.29. The molecule has 0 aliphatic heterocycles. The molecule has 14 heavy (non-hydrogen) atoms. The highest BCUT2D eigenvalue weighted by molar-refractivity contribution is 5.35. The lowest BCUT2D eigenvalue weighted by Gasteiger charge is -2.15. The van der Waals surface area contributed by atoms with E-state index in [2.05, 4.69) is 37.3 Å². The second-order valence-corrected chi connectivity index (χ2v) is 4.01. The van der Waals surface area contributed by atoms with Crippen molar-refractivity contribution in [3.8, 4) is 0 Å². The predicted octanol–water partition coefficient (Wildman–Crippen LogP) is 3.11. The third-order valence-electron chi connectivity index (χ3n) is 3.00. The van der Waals surface area contributed by atoms with Gasteiger partial charge in [0, 0.05) is 0 Å². The molecule has 74 valence electrons. The number of allylic oxidation sites excluding steroid dienone is 1. The summed E-state index contributed by atoms with van der Waals surface area (Å²) in [6.07, 6.45) is 5.95. The van der Waals surface area contributed by atoms with E-state index in [-0.39, 0.29) is 6.04 Å². The third kappa shape index (κ3) is 1.73. The second kappa shape index (κ2) is 3.97. The van der Waals surface area contributed by atoms with Crippen molar-refractivity contribution in [1.82, 2.24) is 0 Å². The number of rotatable bonds is 2. The van der Waals surface area contributed by atoms with Gasteiger partial charge in [-0.3, -0.25) is 0 Å². The van der Waals surface area contributed by atoms with Crippen molar-refractivity contribution in [2.45, 2.75) is 32.2 Å². The maximum atomic E-state index is 6.23.